The molecule has 0 amide bonds. The lowest BCUT2D eigenvalue weighted by Gasteiger charge is -2.39. The molecule has 0 radical (unpaired) electrons. The number of ether oxygens (including phenoxy) is 1. The van der Waals surface area contributed by atoms with Crippen molar-refractivity contribution >= 4 is 0 Å². The maximum Gasteiger partial charge on any atom is 0.0678 e. The Labute approximate surface area is 101 Å². The van der Waals surface area contributed by atoms with Gasteiger partial charge in [-0.05, 0) is 46.7 Å². The third-order valence-corrected chi connectivity index (χ3v) is 3.24. The molecule has 0 aromatic carbocycles. The molecule has 1 rings (SSSR count). The van der Waals surface area contributed by atoms with Crippen molar-refractivity contribution < 1.29 is 4.74 Å². The molecule has 96 valence electrons. The minimum Gasteiger partial charge on any atom is -0.373 e. The van der Waals surface area contributed by atoms with E-state index in [1.807, 2.05) is 0 Å². The number of hydrogen-bond acceptors (Lipinski definition) is 3. The molecule has 1 fully saturated rings. The van der Waals surface area contributed by atoms with Crippen molar-refractivity contribution in [1.29, 1.82) is 0 Å². The summed E-state index contributed by atoms with van der Waals surface area (Å²) in [6, 6.07) is 0.665. The lowest BCUT2D eigenvalue weighted by molar-refractivity contribution is -0.0790. The van der Waals surface area contributed by atoms with E-state index < -0.39 is 0 Å². The van der Waals surface area contributed by atoms with Crippen molar-refractivity contribution in [3.63, 3.8) is 0 Å². The highest BCUT2D eigenvalue weighted by molar-refractivity contribution is 4.77. The Morgan fingerprint density at radius 3 is 2.44 bits per heavy atom. The molecule has 1 saturated heterocycles. The minimum atomic E-state index is 0.384. The monoisotopic (exact) mass is 228 g/mol. The molecule has 0 bridgehead atoms. The van der Waals surface area contributed by atoms with Crippen LogP contribution in [0.4, 0.5) is 0 Å². The summed E-state index contributed by atoms with van der Waals surface area (Å²) in [5.74, 6) is 0. The zero-order valence-corrected chi connectivity index (χ0v) is 11.3. The highest BCUT2D eigenvalue weighted by atomic mass is 16.5. The molecule has 0 spiro atoms. The molecular weight excluding hydrogens is 200 g/mol. The van der Waals surface area contributed by atoms with Gasteiger partial charge in [-0.15, -0.1) is 0 Å². The first-order chi connectivity index (χ1) is 7.63. The average molecular weight is 228 g/mol. The van der Waals surface area contributed by atoms with Gasteiger partial charge in [0.05, 0.1) is 12.2 Å². The van der Waals surface area contributed by atoms with Crippen LogP contribution in [0.15, 0.2) is 0 Å². The van der Waals surface area contributed by atoms with Crippen LogP contribution in [0.2, 0.25) is 0 Å². The van der Waals surface area contributed by atoms with E-state index in [2.05, 4.69) is 37.9 Å². The third kappa shape index (κ3) is 4.81. The fraction of sp³-hybridized carbons (Fsp3) is 1.00. The van der Waals surface area contributed by atoms with Crippen LogP contribution < -0.4 is 5.32 Å². The molecule has 16 heavy (non-hydrogen) atoms. The van der Waals surface area contributed by atoms with Gasteiger partial charge in [0.25, 0.3) is 0 Å². The van der Waals surface area contributed by atoms with Crippen molar-refractivity contribution in [2.24, 2.45) is 0 Å². The summed E-state index contributed by atoms with van der Waals surface area (Å²) in [5, 5.41) is 3.47. The van der Waals surface area contributed by atoms with Gasteiger partial charge < -0.3 is 10.1 Å². The Hall–Kier alpha value is -0.120. The molecule has 0 aromatic rings. The van der Waals surface area contributed by atoms with E-state index in [9.17, 15) is 0 Å². The average Bonchev–Trinajstić information content (AvgIpc) is 2.22. The van der Waals surface area contributed by atoms with Crippen molar-refractivity contribution in [2.75, 3.05) is 26.2 Å². The van der Waals surface area contributed by atoms with Crippen LogP contribution in [0.1, 0.15) is 40.5 Å². The van der Waals surface area contributed by atoms with Crippen LogP contribution in [0.3, 0.4) is 0 Å². The first kappa shape index (κ1) is 13.9. The van der Waals surface area contributed by atoms with E-state index >= 15 is 0 Å². The topological polar surface area (TPSA) is 24.5 Å². The molecule has 0 aliphatic carbocycles. The highest BCUT2D eigenvalue weighted by Gasteiger charge is 2.25. The first-order valence-electron chi connectivity index (χ1n) is 6.73. The van der Waals surface area contributed by atoms with Gasteiger partial charge in [-0.3, -0.25) is 4.90 Å². The Bertz CT molecular complexity index is 177. The fourth-order valence-electron chi connectivity index (χ4n) is 2.37. The van der Waals surface area contributed by atoms with Crippen molar-refractivity contribution in [3.8, 4) is 0 Å². The highest BCUT2D eigenvalue weighted by Crippen LogP contribution is 2.14. The normalized spacial score (nSPS) is 29.2. The van der Waals surface area contributed by atoms with Gasteiger partial charge >= 0.3 is 0 Å². The van der Waals surface area contributed by atoms with E-state index in [1.54, 1.807) is 0 Å². The Balaban J connectivity index is 2.21. The Morgan fingerprint density at radius 1 is 1.25 bits per heavy atom. The fourth-order valence-corrected chi connectivity index (χ4v) is 2.37. The maximum absolute atomic E-state index is 5.75. The second kappa shape index (κ2) is 7.25. The quantitative estimate of drug-likeness (QED) is 0.703. The molecule has 1 aliphatic heterocycles. The molecule has 3 heteroatoms. The van der Waals surface area contributed by atoms with Gasteiger partial charge in [-0.1, -0.05) is 6.92 Å². The molecule has 1 heterocycles. The predicted molar refractivity (Wildman–Crippen MR) is 68.8 cm³/mol. The van der Waals surface area contributed by atoms with E-state index in [4.69, 9.17) is 4.74 Å². The maximum atomic E-state index is 5.75. The molecule has 3 unspecified atom stereocenters. The number of nitrogens with zero attached hydrogens (tertiary/aromatic N) is 1. The lowest BCUT2D eigenvalue weighted by Crippen LogP contribution is -2.49. The molecule has 0 saturated carbocycles. The Morgan fingerprint density at radius 2 is 1.88 bits per heavy atom. The smallest absolute Gasteiger partial charge is 0.0678 e. The lowest BCUT2D eigenvalue weighted by atomic mass is 10.1. The van der Waals surface area contributed by atoms with E-state index in [0.717, 1.165) is 26.2 Å². The van der Waals surface area contributed by atoms with E-state index in [0.29, 0.717) is 18.2 Å². The molecule has 0 aromatic heterocycles. The second-order valence-electron chi connectivity index (χ2n) is 5.10. The van der Waals surface area contributed by atoms with Gasteiger partial charge in [0.2, 0.25) is 0 Å². The second-order valence-corrected chi connectivity index (χ2v) is 5.10. The number of morpholine rings is 1. The van der Waals surface area contributed by atoms with Crippen LogP contribution in [0, 0.1) is 0 Å². The zero-order chi connectivity index (χ0) is 12.0. The summed E-state index contributed by atoms with van der Waals surface area (Å²) in [6.45, 7) is 13.3. The van der Waals surface area contributed by atoms with Crippen LogP contribution in [0.25, 0.3) is 0 Å². The molecule has 3 atom stereocenters. The standard InChI is InChI=1S/C13H28N2O/c1-5-7-14-8-6-11(2)15-9-12(3)16-13(4)10-15/h11-14H,5-10H2,1-4H3. The van der Waals surface area contributed by atoms with Gasteiger partial charge in [0, 0.05) is 19.1 Å². The molecule has 1 N–H and O–H groups in total. The van der Waals surface area contributed by atoms with Crippen molar-refractivity contribution in [1.82, 2.24) is 10.2 Å². The Kier molecular flexibility index (Phi) is 6.32. The third-order valence-electron chi connectivity index (χ3n) is 3.24. The summed E-state index contributed by atoms with van der Waals surface area (Å²) >= 11 is 0. The summed E-state index contributed by atoms with van der Waals surface area (Å²) in [4.78, 5) is 2.56. The van der Waals surface area contributed by atoms with Crippen molar-refractivity contribution in [3.05, 3.63) is 0 Å². The van der Waals surface area contributed by atoms with E-state index in [-0.39, 0.29) is 0 Å². The van der Waals surface area contributed by atoms with E-state index in [1.165, 1.54) is 12.8 Å². The minimum absolute atomic E-state index is 0.384. The van der Waals surface area contributed by atoms with Crippen LogP contribution in [0.5, 0.6) is 0 Å². The molecular formula is C13H28N2O. The number of hydrogen-bond donors (Lipinski definition) is 1. The number of nitrogens with one attached hydrogen (secondary N) is 1. The van der Waals surface area contributed by atoms with Crippen LogP contribution >= 0.6 is 0 Å². The zero-order valence-electron chi connectivity index (χ0n) is 11.3. The van der Waals surface area contributed by atoms with Gasteiger partial charge in [-0.25, -0.2) is 0 Å². The summed E-state index contributed by atoms with van der Waals surface area (Å²) < 4.78 is 5.75. The van der Waals surface area contributed by atoms with Gasteiger partial charge in [-0.2, -0.15) is 0 Å². The summed E-state index contributed by atoms with van der Waals surface area (Å²) in [7, 11) is 0. The summed E-state index contributed by atoms with van der Waals surface area (Å²) in [6.07, 6.45) is 3.23. The van der Waals surface area contributed by atoms with Crippen LogP contribution in [-0.2, 0) is 4.74 Å². The molecule has 3 nitrogen and oxygen atoms in total. The van der Waals surface area contributed by atoms with Gasteiger partial charge in [0.15, 0.2) is 0 Å². The van der Waals surface area contributed by atoms with Crippen molar-refractivity contribution in [2.45, 2.75) is 58.8 Å². The van der Waals surface area contributed by atoms with Crippen LogP contribution in [-0.4, -0.2) is 49.3 Å². The summed E-state index contributed by atoms with van der Waals surface area (Å²) in [5.41, 5.74) is 0. The molecule has 1 aliphatic rings. The largest absolute Gasteiger partial charge is 0.373 e. The first-order valence-corrected chi connectivity index (χ1v) is 6.73. The van der Waals surface area contributed by atoms with Gasteiger partial charge in [0.1, 0.15) is 0 Å². The predicted octanol–water partition coefficient (Wildman–Crippen LogP) is 1.87. The number of rotatable bonds is 6. The SMILES string of the molecule is CCCNCCC(C)N1CC(C)OC(C)C1.